The lowest BCUT2D eigenvalue weighted by Crippen LogP contribution is -2.65. The first kappa shape index (κ1) is 18.5. The fourth-order valence-electron chi connectivity index (χ4n) is 3.44. The van der Waals surface area contributed by atoms with Crippen LogP contribution in [0.15, 0.2) is 24.3 Å². The zero-order chi connectivity index (χ0) is 18.7. The van der Waals surface area contributed by atoms with Gasteiger partial charge in [-0.25, -0.2) is 0 Å². The van der Waals surface area contributed by atoms with E-state index in [0.29, 0.717) is 0 Å². The fourth-order valence-corrected chi connectivity index (χ4v) is 3.44. The average Bonchev–Trinajstić information content (AvgIpc) is 2.54. The molecule has 1 saturated carbocycles. The van der Waals surface area contributed by atoms with E-state index in [1.165, 1.54) is 12.1 Å². The highest BCUT2D eigenvalue weighted by atomic mass is 19.4. The van der Waals surface area contributed by atoms with Crippen molar-refractivity contribution in [3.05, 3.63) is 24.3 Å². The molecule has 2 aliphatic rings. The van der Waals surface area contributed by atoms with Gasteiger partial charge in [-0.15, -0.1) is 13.2 Å². The largest absolute Gasteiger partial charge is 0.573 e. The van der Waals surface area contributed by atoms with Crippen LogP contribution in [0.25, 0.3) is 0 Å². The second-order valence-electron chi connectivity index (χ2n) is 6.55. The summed E-state index contributed by atoms with van der Waals surface area (Å²) >= 11 is 0. The van der Waals surface area contributed by atoms with Gasteiger partial charge in [0.25, 0.3) is 0 Å². The molecule has 1 aliphatic heterocycles. The van der Waals surface area contributed by atoms with Gasteiger partial charge in [-0.2, -0.15) is 0 Å². The minimum absolute atomic E-state index is 0.0978. The SMILES string of the molecule is O=C(C[C@H]1N[C@H]2CCCC[C@@H]2NC1=O)Nc1cccc(OC(F)(F)F)c1. The Morgan fingerprint density at radius 2 is 1.96 bits per heavy atom. The van der Waals surface area contributed by atoms with Crippen LogP contribution < -0.4 is 20.7 Å². The maximum atomic E-state index is 12.3. The molecule has 2 amide bonds. The Kier molecular flexibility index (Phi) is 5.36. The molecule has 142 valence electrons. The number of nitrogens with one attached hydrogen (secondary N) is 3. The Labute approximate surface area is 148 Å². The van der Waals surface area contributed by atoms with Gasteiger partial charge >= 0.3 is 6.36 Å². The lowest BCUT2D eigenvalue weighted by molar-refractivity contribution is -0.274. The standard InChI is InChI=1S/C17H20F3N3O3/c18-17(19,20)26-11-5-3-4-10(8-11)21-15(24)9-14-16(25)23-13-7-2-1-6-12(13)22-14/h3-5,8,12-14,22H,1-2,6-7,9H2,(H,21,24)(H,23,25)/t12-,13-,14+/m0/s1. The van der Waals surface area contributed by atoms with E-state index in [0.717, 1.165) is 37.8 Å². The van der Waals surface area contributed by atoms with Gasteiger partial charge in [0.1, 0.15) is 5.75 Å². The van der Waals surface area contributed by atoms with E-state index in [-0.39, 0.29) is 30.1 Å². The Bertz CT molecular complexity index is 681. The van der Waals surface area contributed by atoms with E-state index in [1.54, 1.807) is 0 Å². The van der Waals surface area contributed by atoms with Gasteiger partial charge in [0.15, 0.2) is 0 Å². The van der Waals surface area contributed by atoms with Crippen LogP contribution in [0.1, 0.15) is 32.1 Å². The van der Waals surface area contributed by atoms with Crippen molar-refractivity contribution in [2.75, 3.05) is 5.32 Å². The molecule has 1 saturated heterocycles. The first-order chi connectivity index (χ1) is 12.3. The number of anilines is 1. The molecule has 1 aromatic rings. The first-order valence-electron chi connectivity index (χ1n) is 8.52. The highest BCUT2D eigenvalue weighted by Crippen LogP contribution is 2.25. The number of halogens is 3. The molecule has 0 radical (unpaired) electrons. The summed E-state index contributed by atoms with van der Waals surface area (Å²) in [7, 11) is 0. The lowest BCUT2D eigenvalue weighted by Gasteiger charge is -2.40. The maximum absolute atomic E-state index is 12.3. The molecule has 1 aliphatic carbocycles. The third-order valence-electron chi connectivity index (χ3n) is 4.57. The molecule has 26 heavy (non-hydrogen) atoms. The average molecular weight is 371 g/mol. The van der Waals surface area contributed by atoms with Crippen LogP contribution in [0.5, 0.6) is 5.75 Å². The summed E-state index contributed by atoms with van der Waals surface area (Å²) in [5.74, 6) is -1.11. The van der Waals surface area contributed by atoms with Gasteiger partial charge in [0.2, 0.25) is 11.8 Å². The van der Waals surface area contributed by atoms with E-state index >= 15 is 0 Å². The molecule has 6 nitrogen and oxygen atoms in total. The third kappa shape index (κ3) is 4.87. The van der Waals surface area contributed by atoms with Crippen molar-refractivity contribution in [1.29, 1.82) is 0 Å². The molecule has 3 N–H and O–H groups in total. The van der Waals surface area contributed by atoms with Crippen LogP contribution >= 0.6 is 0 Å². The molecular weight excluding hydrogens is 351 g/mol. The quantitative estimate of drug-likeness (QED) is 0.759. The first-order valence-corrected chi connectivity index (χ1v) is 8.52. The van der Waals surface area contributed by atoms with E-state index in [2.05, 4.69) is 20.7 Å². The number of hydrogen-bond donors (Lipinski definition) is 3. The topological polar surface area (TPSA) is 79.5 Å². The summed E-state index contributed by atoms with van der Waals surface area (Å²) < 4.78 is 40.6. The van der Waals surface area contributed by atoms with Gasteiger partial charge < -0.3 is 20.7 Å². The minimum Gasteiger partial charge on any atom is -0.406 e. The fraction of sp³-hybridized carbons (Fsp3) is 0.529. The number of benzene rings is 1. The second-order valence-corrected chi connectivity index (χ2v) is 6.55. The van der Waals surface area contributed by atoms with Crippen molar-refractivity contribution >= 4 is 17.5 Å². The van der Waals surface area contributed by atoms with Gasteiger partial charge in [-0.3, -0.25) is 9.59 Å². The molecule has 0 spiro atoms. The van der Waals surface area contributed by atoms with Crippen LogP contribution in [-0.2, 0) is 9.59 Å². The number of amides is 2. The highest BCUT2D eigenvalue weighted by Gasteiger charge is 2.37. The Balaban J connectivity index is 1.57. The Hall–Kier alpha value is -2.29. The molecule has 1 aromatic carbocycles. The lowest BCUT2D eigenvalue weighted by atomic mass is 9.87. The van der Waals surface area contributed by atoms with Crippen LogP contribution in [0, 0.1) is 0 Å². The second kappa shape index (κ2) is 7.53. The van der Waals surface area contributed by atoms with Crippen molar-refractivity contribution in [3.8, 4) is 5.75 Å². The monoisotopic (exact) mass is 371 g/mol. The van der Waals surface area contributed by atoms with Crippen molar-refractivity contribution in [2.45, 2.75) is 56.6 Å². The molecule has 1 heterocycles. The van der Waals surface area contributed by atoms with E-state index in [4.69, 9.17) is 0 Å². The number of rotatable bonds is 4. The Morgan fingerprint density at radius 3 is 2.69 bits per heavy atom. The normalized spacial score (nSPS) is 25.8. The smallest absolute Gasteiger partial charge is 0.406 e. The number of alkyl halides is 3. The van der Waals surface area contributed by atoms with Crippen molar-refractivity contribution < 1.29 is 27.5 Å². The minimum atomic E-state index is -4.80. The predicted molar refractivity (Wildman–Crippen MR) is 87.5 cm³/mol. The molecule has 0 bridgehead atoms. The predicted octanol–water partition coefficient (Wildman–Crippen LogP) is 2.31. The number of ether oxygens (including phenoxy) is 1. The molecule has 0 unspecified atom stereocenters. The molecule has 3 rings (SSSR count). The third-order valence-corrected chi connectivity index (χ3v) is 4.57. The zero-order valence-corrected chi connectivity index (χ0v) is 13.9. The Morgan fingerprint density at radius 1 is 1.23 bits per heavy atom. The van der Waals surface area contributed by atoms with Crippen LogP contribution in [0.2, 0.25) is 0 Å². The highest BCUT2D eigenvalue weighted by molar-refractivity contribution is 5.95. The van der Waals surface area contributed by atoms with Crippen molar-refractivity contribution in [1.82, 2.24) is 10.6 Å². The molecule has 9 heteroatoms. The van der Waals surface area contributed by atoms with Crippen LogP contribution in [-0.4, -0.2) is 36.3 Å². The van der Waals surface area contributed by atoms with Gasteiger partial charge in [-0.05, 0) is 25.0 Å². The molecule has 2 fully saturated rings. The van der Waals surface area contributed by atoms with Crippen LogP contribution in [0.3, 0.4) is 0 Å². The summed E-state index contributed by atoms with van der Waals surface area (Å²) in [6.07, 6.45) is -0.879. The van der Waals surface area contributed by atoms with Gasteiger partial charge in [0, 0.05) is 23.8 Å². The molecular formula is C17H20F3N3O3. The van der Waals surface area contributed by atoms with Gasteiger partial charge in [0.05, 0.1) is 12.5 Å². The maximum Gasteiger partial charge on any atom is 0.573 e. The number of hydrogen-bond acceptors (Lipinski definition) is 4. The number of fused-ring (bicyclic) bond motifs is 1. The number of carbonyl (C=O) groups excluding carboxylic acids is 2. The van der Waals surface area contributed by atoms with Crippen molar-refractivity contribution in [2.24, 2.45) is 0 Å². The number of piperazine rings is 1. The zero-order valence-electron chi connectivity index (χ0n) is 13.9. The number of carbonyl (C=O) groups is 2. The van der Waals surface area contributed by atoms with E-state index in [1.807, 2.05) is 0 Å². The summed E-state index contributed by atoms with van der Waals surface area (Å²) in [5, 5.41) is 8.67. The summed E-state index contributed by atoms with van der Waals surface area (Å²) in [6.45, 7) is 0. The van der Waals surface area contributed by atoms with E-state index < -0.39 is 24.1 Å². The molecule has 0 aromatic heterocycles. The summed E-state index contributed by atoms with van der Waals surface area (Å²) in [6, 6.07) is 4.62. The van der Waals surface area contributed by atoms with Crippen LogP contribution in [0.4, 0.5) is 18.9 Å². The summed E-state index contributed by atoms with van der Waals surface area (Å²) in [4.78, 5) is 24.3. The summed E-state index contributed by atoms with van der Waals surface area (Å²) in [5.41, 5.74) is 0.170. The molecule has 3 atom stereocenters. The van der Waals surface area contributed by atoms with Crippen molar-refractivity contribution in [3.63, 3.8) is 0 Å². The van der Waals surface area contributed by atoms with Gasteiger partial charge in [-0.1, -0.05) is 18.9 Å². The van der Waals surface area contributed by atoms with E-state index in [9.17, 15) is 22.8 Å².